The zero-order valence-corrected chi connectivity index (χ0v) is 9.51. The van der Waals surface area contributed by atoms with E-state index in [9.17, 15) is 4.79 Å². The third kappa shape index (κ3) is 2.26. The van der Waals surface area contributed by atoms with Crippen LogP contribution in [0.3, 0.4) is 0 Å². The smallest absolute Gasteiger partial charge is 0.267 e. The van der Waals surface area contributed by atoms with Crippen molar-refractivity contribution in [2.75, 3.05) is 13.2 Å². The molecule has 1 aromatic heterocycles. The minimum atomic E-state index is -0.659. The van der Waals surface area contributed by atoms with E-state index in [1.807, 2.05) is 6.92 Å². The molecular weight excluding hydrogens is 220 g/mol. The topological polar surface area (TPSA) is 104 Å². The Balaban J connectivity index is 2.42. The summed E-state index contributed by atoms with van der Waals surface area (Å²) in [5, 5.41) is 0. The Bertz CT molecular complexity index is 486. The van der Waals surface area contributed by atoms with E-state index >= 15 is 0 Å². The first-order valence-electron chi connectivity index (χ1n) is 5.20. The fraction of sp³-hybridized carbons (Fsp3) is 0.364. The Kier molecular flexibility index (Phi) is 2.81. The van der Waals surface area contributed by atoms with Crippen LogP contribution in [0.5, 0.6) is 0 Å². The summed E-state index contributed by atoms with van der Waals surface area (Å²) in [5.74, 6) is -0.144. The first-order chi connectivity index (χ1) is 8.01. The van der Waals surface area contributed by atoms with E-state index in [-0.39, 0.29) is 5.69 Å². The number of amidine groups is 1. The van der Waals surface area contributed by atoms with Crippen molar-refractivity contribution in [3.8, 4) is 0 Å². The van der Waals surface area contributed by atoms with Gasteiger partial charge in [-0.3, -0.25) is 9.79 Å². The van der Waals surface area contributed by atoms with E-state index in [1.54, 1.807) is 18.2 Å². The van der Waals surface area contributed by atoms with Crippen LogP contribution < -0.4 is 11.5 Å². The van der Waals surface area contributed by atoms with Crippen molar-refractivity contribution in [2.24, 2.45) is 16.5 Å². The SMILES string of the molecule is CC1(c2cccc(C(N)=O)n2)COCC(N)=N1. The molecule has 0 spiro atoms. The molecule has 1 atom stereocenters. The van der Waals surface area contributed by atoms with Crippen molar-refractivity contribution < 1.29 is 9.53 Å². The number of hydrogen-bond acceptors (Lipinski definition) is 5. The molecule has 1 aliphatic rings. The number of carbonyl (C=O) groups excluding carboxylic acids is 1. The first-order valence-corrected chi connectivity index (χ1v) is 5.20. The molecule has 6 nitrogen and oxygen atoms in total. The van der Waals surface area contributed by atoms with Crippen molar-refractivity contribution in [1.29, 1.82) is 0 Å². The molecule has 17 heavy (non-hydrogen) atoms. The van der Waals surface area contributed by atoms with Crippen LogP contribution in [-0.2, 0) is 10.3 Å². The lowest BCUT2D eigenvalue weighted by atomic mass is 9.98. The fourth-order valence-corrected chi connectivity index (χ4v) is 1.74. The second-order valence-corrected chi connectivity index (χ2v) is 4.14. The lowest BCUT2D eigenvalue weighted by Crippen LogP contribution is -2.38. The van der Waals surface area contributed by atoms with E-state index < -0.39 is 11.4 Å². The van der Waals surface area contributed by atoms with Crippen molar-refractivity contribution >= 4 is 11.7 Å². The Hall–Kier alpha value is -1.95. The maximum Gasteiger partial charge on any atom is 0.267 e. The molecule has 0 aromatic carbocycles. The molecule has 1 unspecified atom stereocenters. The van der Waals surface area contributed by atoms with Crippen LogP contribution in [0.25, 0.3) is 0 Å². The van der Waals surface area contributed by atoms with Gasteiger partial charge in [0.25, 0.3) is 5.91 Å². The standard InChI is InChI=1S/C11H14N4O2/c1-11(6-17-5-9(12)15-11)8-4-2-3-7(14-8)10(13)16/h2-4H,5-6H2,1H3,(H2,12,15)(H2,13,16). The Morgan fingerprint density at radius 3 is 2.94 bits per heavy atom. The Labute approximate surface area is 98.7 Å². The van der Waals surface area contributed by atoms with Gasteiger partial charge in [-0.25, -0.2) is 4.98 Å². The van der Waals surface area contributed by atoms with Gasteiger partial charge >= 0.3 is 0 Å². The third-order valence-corrected chi connectivity index (χ3v) is 2.58. The highest BCUT2D eigenvalue weighted by Gasteiger charge is 2.31. The predicted octanol–water partition coefficient (Wildman–Crippen LogP) is -0.217. The number of carbonyl (C=O) groups is 1. The third-order valence-electron chi connectivity index (χ3n) is 2.58. The van der Waals surface area contributed by atoms with Gasteiger partial charge < -0.3 is 16.2 Å². The summed E-state index contributed by atoms with van der Waals surface area (Å²) in [4.78, 5) is 19.6. The van der Waals surface area contributed by atoms with E-state index in [0.29, 0.717) is 24.7 Å². The van der Waals surface area contributed by atoms with Crippen molar-refractivity contribution in [1.82, 2.24) is 4.98 Å². The number of amides is 1. The summed E-state index contributed by atoms with van der Waals surface area (Å²) >= 11 is 0. The summed E-state index contributed by atoms with van der Waals surface area (Å²) in [7, 11) is 0. The van der Waals surface area contributed by atoms with Gasteiger partial charge in [-0.2, -0.15) is 0 Å². The summed E-state index contributed by atoms with van der Waals surface area (Å²) in [6.45, 7) is 2.56. The highest BCUT2D eigenvalue weighted by Crippen LogP contribution is 2.26. The van der Waals surface area contributed by atoms with E-state index in [1.165, 1.54) is 0 Å². The van der Waals surface area contributed by atoms with Crippen LogP contribution in [0.15, 0.2) is 23.2 Å². The highest BCUT2D eigenvalue weighted by atomic mass is 16.5. The monoisotopic (exact) mass is 234 g/mol. The largest absolute Gasteiger partial charge is 0.386 e. The number of rotatable bonds is 2. The number of hydrogen-bond donors (Lipinski definition) is 2. The maximum absolute atomic E-state index is 11.1. The number of aromatic nitrogens is 1. The zero-order valence-electron chi connectivity index (χ0n) is 9.51. The average molecular weight is 234 g/mol. The molecule has 1 amide bonds. The molecule has 1 aromatic rings. The number of pyridine rings is 1. The number of nitrogens with zero attached hydrogens (tertiary/aromatic N) is 2. The van der Waals surface area contributed by atoms with Crippen LogP contribution >= 0.6 is 0 Å². The summed E-state index contributed by atoms with van der Waals surface area (Å²) < 4.78 is 5.34. The molecule has 0 fully saturated rings. The minimum absolute atomic E-state index is 0.211. The van der Waals surface area contributed by atoms with Crippen LogP contribution in [0.1, 0.15) is 23.1 Å². The summed E-state index contributed by atoms with van der Waals surface area (Å²) in [5.41, 5.74) is 11.0. The number of ether oxygens (including phenoxy) is 1. The lowest BCUT2D eigenvalue weighted by molar-refractivity contribution is 0.0984. The maximum atomic E-state index is 11.1. The summed E-state index contributed by atoms with van der Waals surface area (Å²) in [6, 6.07) is 5.05. The number of primary amides is 1. The van der Waals surface area contributed by atoms with Crippen molar-refractivity contribution in [3.63, 3.8) is 0 Å². The van der Waals surface area contributed by atoms with Gasteiger partial charge in [-0.05, 0) is 19.1 Å². The quantitative estimate of drug-likeness (QED) is 0.738. The van der Waals surface area contributed by atoms with Crippen LogP contribution in [0.4, 0.5) is 0 Å². The van der Waals surface area contributed by atoms with Crippen molar-refractivity contribution in [3.05, 3.63) is 29.6 Å². The molecule has 2 rings (SSSR count). The lowest BCUT2D eigenvalue weighted by Gasteiger charge is -2.29. The van der Waals surface area contributed by atoms with Crippen LogP contribution in [0.2, 0.25) is 0 Å². The molecule has 1 aliphatic heterocycles. The molecule has 0 saturated carbocycles. The Morgan fingerprint density at radius 1 is 1.53 bits per heavy atom. The fourth-order valence-electron chi connectivity index (χ4n) is 1.74. The number of aliphatic imine (C=N–C) groups is 1. The van der Waals surface area contributed by atoms with Gasteiger partial charge in [0, 0.05) is 0 Å². The molecule has 90 valence electrons. The second kappa shape index (κ2) is 4.14. The van der Waals surface area contributed by atoms with E-state index in [0.717, 1.165) is 0 Å². The van der Waals surface area contributed by atoms with Gasteiger partial charge in [0.2, 0.25) is 0 Å². The van der Waals surface area contributed by atoms with Crippen LogP contribution in [0, 0.1) is 0 Å². The van der Waals surface area contributed by atoms with Gasteiger partial charge in [0.1, 0.15) is 23.7 Å². The molecule has 6 heteroatoms. The summed E-state index contributed by atoms with van der Waals surface area (Å²) in [6.07, 6.45) is 0. The van der Waals surface area contributed by atoms with Gasteiger partial charge in [-0.15, -0.1) is 0 Å². The number of nitrogens with two attached hydrogens (primary N) is 2. The van der Waals surface area contributed by atoms with Gasteiger partial charge in [0.15, 0.2) is 0 Å². The molecular formula is C11H14N4O2. The van der Waals surface area contributed by atoms with Gasteiger partial charge in [0.05, 0.1) is 12.3 Å². The molecule has 0 aliphatic carbocycles. The molecule has 0 saturated heterocycles. The normalized spacial score (nSPS) is 24.2. The first kappa shape index (κ1) is 11.5. The van der Waals surface area contributed by atoms with Crippen LogP contribution in [-0.4, -0.2) is 29.9 Å². The highest BCUT2D eigenvalue weighted by molar-refractivity contribution is 5.90. The minimum Gasteiger partial charge on any atom is -0.386 e. The average Bonchev–Trinajstić information content (AvgIpc) is 2.29. The second-order valence-electron chi connectivity index (χ2n) is 4.14. The zero-order chi connectivity index (χ0) is 12.5. The molecule has 0 bridgehead atoms. The van der Waals surface area contributed by atoms with Gasteiger partial charge in [-0.1, -0.05) is 6.07 Å². The molecule has 0 radical (unpaired) electrons. The van der Waals surface area contributed by atoms with Crippen molar-refractivity contribution in [2.45, 2.75) is 12.5 Å². The Morgan fingerprint density at radius 2 is 2.29 bits per heavy atom. The predicted molar refractivity (Wildman–Crippen MR) is 62.5 cm³/mol. The van der Waals surface area contributed by atoms with E-state index in [2.05, 4.69) is 9.98 Å². The van der Waals surface area contributed by atoms with E-state index in [4.69, 9.17) is 16.2 Å². The molecule has 2 heterocycles. The molecule has 4 N–H and O–H groups in total.